The molecule has 0 aliphatic carbocycles. The highest BCUT2D eigenvalue weighted by Crippen LogP contribution is 2.26. The lowest BCUT2D eigenvalue weighted by Gasteiger charge is -2.28. The summed E-state index contributed by atoms with van der Waals surface area (Å²) in [4.78, 5) is 22.1. The van der Waals surface area contributed by atoms with Crippen molar-refractivity contribution in [1.29, 1.82) is 0 Å². The second kappa shape index (κ2) is 7.23. The number of ether oxygens (including phenoxy) is 2. The van der Waals surface area contributed by atoms with E-state index < -0.39 is 0 Å². The van der Waals surface area contributed by atoms with Crippen LogP contribution in [0.1, 0.15) is 13.8 Å². The molecule has 0 saturated carbocycles. The number of benzene rings is 1. The quantitative estimate of drug-likeness (QED) is 0.849. The first-order chi connectivity index (χ1) is 11.2. The summed E-state index contributed by atoms with van der Waals surface area (Å²) in [6, 6.07) is 5.77. The van der Waals surface area contributed by atoms with Gasteiger partial charge in [-0.3, -0.25) is 4.79 Å². The van der Waals surface area contributed by atoms with E-state index in [1.807, 2.05) is 36.9 Å². The monoisotopic (exact) mass is 335 g/mol. The van der Waals surface area contributed by atoms with Gasteiger partial charge in [0.15, 0.2) is 5.16 Å². The zero-order valence-electron chi connectivity index (χ0n) is 13.4. The van der Waals surface area contributed by atoms with E-state index in [0.29, 0.717) is 32.9 Å². The molecule has 3 rings (SSSR count). The van der Waals surface area contributed by atoms with Gasteiger partial charge in [0.2, 0.25) is 5.91 Å². The fraction of sp³-hybridized carbons (Fsp3) is 0.500. The minimum Gasteiger partial charge on any atom is -0.494 e. The van der Waals surface area contributed by atoms with Crippen LogP contribution in [0.5, 0.6) is 5.75 Å². The number of aromatic amines is 1. The van der Waals surface area contributed by atoms with Gasteiger partial charge in [0.25, 0.3) is 0 Å². The smallest absolute Gasteiger partial charge is 0.236 e. The zero-order chi connectivity index (χ0) is 16.2. The zero-order valence-corrected chi connectivity index (χ0v) is 14.2. The molecule has 2 heterocycles. The standard InChI is InChI=1S/C16H21N3O3S/c1-3-22-12-4-5-13-14(10-12)18-16(17-13)23-11(2)15(20)19-6-8-21-9-7-19/h4-5,10-11H,3,6-9H2,1-2H3,(H,17,18). The fourth-order valence-corrected chi connectivity index (χ4v) is 3.44. The summed E-state index contributed by atoms with van der Waals surface area (Å²) < 4.78 is 10.8. The summed E-state index contributed by atoms with van der Waals surface area (Å²) in [5.74, 6) is 0.950. The van der Waals surface area contributed by atoms with Crippen molar-refractivity contribution in [1.82, 2.24) is 14.9 Å². The van der Waals surface area contributed by atoms with Crippen molar-refractivity contribution < 1.29 is 14.3 Å². The number of nitrogens with one attached hydrogen (secondary N) is 1. The maximum absolute atomic E-state index is 12.4. The van der Waals surface area contributed by atoms with Crippen molar-refractivity contribution in [3.63, 3.8) is 0 Å². The number of hydrogen-bond acceptors (Lipinski definition) is 5. The van der Waals surface area contributed by atoms with E-state index in [-0.39, 0.29) is 11.2 Å². The molecule has 1 aliphatic heterocycles. The summed E-state index contributed by atoms with van der Waals surface area (Å²) in [7, 11) is 0. The minimum absolute atomic E-state index is 0.133. The van der Waals surface area contributed by atoms with E-state index in [4.69, 9.17) is 9.47 Å². The van der Waals surface area contributed by atoms with Gasteiger partial charge < -0.3 is 19.4 Å². The molecule has 1 N–H and O–H groups in total. The predicted molar refractivity (Wildman–Crippen MR) is 90.0 cm³/mol. The Morgan fingerprint density at radius 3 is 3.00 bits per heavy atom. The van der Waals surface area contributed by atoms with Crippen LogP contribution >= 0.6 is 11.8 Å². The van der Waals surface area contributed by atoms with E-state index in [1.165, 1.54) is 11.8 Å². The van der Waals surface area contributed by atoms with E-state index in [2.05, 4.69) is 9.97 Å². The number of nitrogens with zero attached hydrogens (tertiary/aromatic N) is 2. The van der Waals surface area contributed by atoms with Crippen molar-refractivity contribution in [3.05, 3.63) is 18.2 Å². The van der Waals surface area contributed by atoms with Crippen LogP contribution in [-0.4, -0.2) is 58.9 Å². The van der Waals surface area contributed by atoms with Gasteiger partial charge in [-0.1, -0.05) is 11.8 Å². The average Bonchev–Trinajstić information content (AvgIpc) is 2.96. The lowest BCUT2D eigenvalue weighted by Crippen LogP contribution is -2.44. The molecule has 2 aromatic rings. The third-order valence-electron chi connectivity index (χ3n) is 3.70. The highest BCUT2D eigenvalue weighted by atomic mass is 32.2. The molecule has 0 radical (unpaired) electrons. The SMILES string of the molecule is CCOc1ccc2nc(SC(C)C(=O)N3CCOCC3)[nH]c2c1. The first kappa shape index (κ1) is 16.1. The van der Waals surface area contributed by atoms with E-state index in [0.717, 1.165) is 21.9 Å². The second-order valence-electron chi connectivity index (χ2n) is 5.35. The second-order valence-corrected chi connectivity index (χ2v) is 6.68. The Balaban J connectivity index is 1.69. The Morgan fingerprint density at radius 1 is 1.48 bits per heavy atom. The summed E-state index contributed by atoms with van der Waals surface area (Å²) >= 11 is 1.45. The predicted octanol–water partition coefficient (Wildman–Crippen LogP) is 2.30. The number of hydrogen-bond donors (Lipinski definition) is 1. The van der Waals surface area contributed by atoms with Crippen LogP contribution in [0, 0.1) is 0 Å². The number of morpholine rings is 1. The van der Waals surface area contributed by atoms with Crippen LogP contribution in [0.4, 0.5) is 0 Å². The van der Waals surface area contributed by atoms with E-state index >= 15 is 0 Å². The molecule has 1 unspecified atom stereocenters. The molecule has 23 heavy (non-hydrogen) atoms. The van der Waals surface area contributed by atoms with Crippen molar-refractivity contribution in [2.24, 2.45) is 0 Å². The van der Waals surface area contributed by atoms with Gasteiger partial charge in [0.1, 0.15) is 5.75 Å². The first-order valence-electron chi connectivity index (χ1n) is 7.83. The number of fused-ring (bicyclic) bond motifs is 1. The molecule has 0 bridgehead atoms. The average molecular weight is 335 g/mol. The minimum atomic E-state index is -0.181. The Labute approximate surface area is 139 Å². The van der Waals surface area contributed by atoms with Gasteiger partial charge in [-0.25, -0.2) is 4.98 Å². The molecule has 1 atom stereocenters. The van der Waals surface area contributed by atoms with Gasteiger partial charge >= 0.3 is 0 Å². The molecule has 1 aliphatic rings. The number of carbonyl (C=O) groups excluding carboxylic acids is 1. The first-order valence-corrected chi connectivity index (χ1v) is 8.71. The van der Waals surface area contributed by atoms with E-state index in [9.17, 15) is 4.79 Å². The highest BCUT2D eigenvalue weighted by molar-refractivity contribution is 8.00. The summed E-state index contributed by atoms with van der Waals surface area (Å²) in [6.45, 7) is 7.08. The summed E-state index contributed by atoms with van der Waals surface area (Å²) in [5, 5.41) is 0.572. The normalized spacial score (nSPS) is 16.5. The highest BCUT2D eigenvalue weighted by Gasteiger charge is 2.24. The van der Waals surface area contributed by atoms with Crippen LogP contribution in [0.25, 0.3) is 11.0 Å². The van der Waals surface area contributed by atoms with Gasteiger partial charge in [-0.2, -0.15) is 0 Å². The lowest BCUT2D eigenvalue weighted by atomic mass is 10.3. The van der Waals surface area contributed by atoms with Crippen LogP contribution in [0.2, 0.25) is 0 Å². The molecular formula is C16H21N3O3S. The maximum atomic E-state index is 12.4. The van der Waals surface area contributed by atoms with Crippen LogP contribution in [0.3, 0.4) is 0 Å². The van der Waals surface area contributed by atoms with Crippen molar-refractivity contribution in [2.45, 2.75) is 24.3 Å². The molecule has 1 aromatic heterocycles. The number of carbonyl (C=O) groups is 1. The molecule has 1 amide bonds. The largest absolute Gasteiger partial charge is 0.494 e. The van der Waals surface area contributed by atoms with Gasteiger partial charge in [0.05, 0.1) is 36.1 Å². The third-order valence-corrected chi connectivity index (χ3v) is 4.67. The summed E-state index contributed by atoms with van der Waals surface area (Å²) in [5.41, 5.74) is 1.80. The number of amides is 1. The molecule has 1 aromatic carbocycles. The number of rotatable bonds is 5. The van der Waals surface area contributed by atoms with E-state index in [1.54, 1.807) is 0 Å². The van der Waals surface area contributed by atoms with Gasteiger partial charge in [-0.15, -0.1) is 0 Å². The Kier molecular flexibility index (Phi) is 5.07. The molecular weight excluding hydrogens is 314 g/mol. The number of aromatic nitrogens is 2. The molecule has 7 heteroatoms. The number of H-pyrrole nitrogens is 1. The lowest BCUT2D eigenvalue weighted by molar-refractivity contribution is -0.134. The van der Waals surface area contributed by atoms with Crippen LogP contribution in [0.15, 0.2) is 23.4 Å². The topological polar surface area (TPSA) is 67.4 Å². The van der Waals surface area contributed by atoms with Gasteiger partial charge in [-0.05, 0) is 26.0 Å². The van der Waals surface area contributed by atoms with Crippen molar-refractivity contribution >= 4 is 28.7 Å². The summed E-state index contributed by atoms with van der Waals surface area (Å²) in [6.07, 6.45) is 0. The van der Waals surface area contributed by atoms with Crippen LogP contribution < -0.4 is 4.74 Å². The Bertz CT molecular complexity index is 682. The molecule has 124 valence electrons. The van der Waals surface area contributed by atoms with Gasteiger partial charge in [0, 0.05) is 19.2 Å². The number of imidazole rings is 1. The molecule has 1 fully saturated rings. The maximum Gasteiger partial charge on any atom is 0.236 e. The van der Waals surface area contributed by atoms with Crippen LogP contribution in [-0.2, 0) is 9.53 Å². The Morgan fingerprint density at radius 2 is 2.26 bits per heavy atom. The Hall–Kier alpha value is -1.73. The number of thioether (sulfide) groups is 1. The van der Waals surface area contributed by atoms with Crippen molar-refractivity contribution in [3.8, 4) is 5.75 Å². The molecule has 0 spiro atoms. The molecule has 6 nitrogen and oxygen atoms in total. The fourth-order valence-electron chi connectivity index (χ4n) is 2.54. The van der Waals surface area contributed by atoms with Crippen molar-refractivity contribution in [2.75, 3.05) is 32.9 Å². The third kappa shape index (κ3) is 3.79. The molecule has 1 saturated heterocycles.